The minimum atomic E-state index is -0.263. The van der Waals surface area contributed by atoms with E-state index in [2.05, 4.69) is 25.5 Å². The Hall–Kier alpha value is -1.66. The molecule has 94 valence electrons. The summed E-state index contributed by atoms with van der Waals surface area (Å²) in [7, 11) is 0. The lowest BCUT2D eigenvalue weighted by molar-refractivity contribution is 0.0954. The van der Waals surface area contributed by atoms with Crippen molar-refractivity contribution in [3.8, 4) is 0 Å². The zero-order valence-corrected chi connectivity index (χ0v) is 10.7. The van der Waals surface area contributed by atoms with Crippen LogP contribution in [0.4, 0.5) is 0 Å². The van der Waals surface area contributed by atoms with Crippen molar-refractivity contribution in [3.63, 3.8) is 0 Å². The van der Waals surface area contributed by atoms with Gasteiger partial charge in [-0.2, -0.15) is 5.10 Å². The van der Waals surface area contributed by atoms with Gasteiger partial charge in [0.1, 0.15) is 22.5 Å². The largest absolute Gasteiger partial charge is 0.352 e. The highest BCUT2D eigenvalue weighted by Gasteiger charge is 2.08. The highest BCUT2D eigenvalue weighted by atomic mass is 35.5. The smallest absolute Gasteiger partial charge is 0.251 e. The van der Waals surface area contributed by atoms with Gasteiger partial charge in [-0.15, -0.1) is 0 Å². The number of aromatic nitrogens is 4. The first-order valence-electron chi connectivity index (χ1n) is 5.10. The van der Waals surface area contributed by atoms with Crippen LogP contribution in [0.3, 0.4) is 0 Å². The van der Waals surface area contributed by atoms with Crippen molar-refractivity contribution in [2.45, 2.75) is 6.42 Å². The number of halogens is 2. The molecule has 0 aromatic carbocycles. The molecule has 0 aliphatic carbocycles. The Bertz CT molecular complexity index is 523. The molecule has 0 unspecified atom stereocenters. The summed E-state index contributed by atoms with van der Waals surface area (Å²) in [6, 6.07) is 2.91. The number of carbonyl (C=O) groups is 1. The third kappa shape index (κ3) is 3.41. The summed E-state index contributed by atoms with van der Waals surface area (Å²) in [4.78, 5) is 19.5. The number of aromatic amines is 1. The molecule has 0 saturated carbocycles. The second kappa shape index (κ2) is 5.79. The van der Waals surface area contributed by atoms with Crippen LogP contribution >= 0.6 is 23.2 Å². The average molecular weight is 286 g/mol. The maximum absolute atomic E-state index is 11.8. The van der Waals surface area contributed by atoms with Crippen molar-refractivity contribution < 1.29 is 4.79 Å². The van der Waals surface area contributed by atoms with Gasteiger partial charge in [0.2, 0.25) is 0 Å². The molecule has 0 bridgehead atoms. The Labute approximate surface area is 113 Å². The predicted molar refractivity (Wildman–Crippen MR) is 66.7 cm³/mol. The van der Waals surface area contributed by atoms with Crippen molar-refractivity contribution in [3.05, 3.63) is 40.2 Å². The molecular weight excluding hydrogens is 277 g/mol. The third-order valence-corrected chi connectivity index (χ3v) is 2.52. The second-order valence-electron chi connectivity index (χ2n) is 3.44. The molecule has 6 nitrogen and oxygen atoms in total. The van der Waals surface area contributed by atoms with E-state index in [0.29, 0.717) is 24.4 Å². The minimum absolute atomic E-state index is 0.183. The number of hydrogen-bond acceptors (Lipinski definition) is 4. The zero-order chi connectivity index (χ0) is 13.0. The summed E-state index contributed by atoms with van der Waals surface area (Å²) in [5, 5.41) is 9.50. The molecule has 0 fully saturated rings. The Morgan fingerprint density at radius 1 is 1.33 bits per heavy atom. The summed E-state index contributed by atoms with van der Waals surface area (Å²) in [5.74, 6) is 0.446. The summed E-state index contributed by atoms with van der Waals surface area (Å²) in [6.07, 6.45) is 1.98. The van der Waals surface area contributed by atoms with Gasteiger partial charge in [-0.25, -0.2) is 9.97 Å². The summed E-state index contributed by atoms with van der Waals surface area (Å²) in [6.45, 7) is 0.436. The standard InChI is InChI=1S/C10H9Cl2N5O/c11-7-3-6(4-8(12)16-7)10(18)13-2-1-9-14-5-15-17-9/h3-5H,1-2H2,(H,13,18)(H,14,15,17). The van der Waals surface area contributed by atoms with Crippen LogP contribution in [0.25, 0.3) is 0 Å². The molecule has 0 atom stereocenters. The molecule has 2 heterocycles. The second-order valence-corrected chi connectivity index (χ2v) is 4.21. The molecule has 2 rings (SSSR count). The number of nitrogens with one attached hydrogen (secondary N) is 2. The van der Waals surface area contributed by atoms with Crippen LogP contribution in [0.5, 0.6) is 0 Å². The normalized spacial score (nSPS) is 10.3. The molecular formula is C10H9Cl2N5O. The molecule has 8 heteroatoms. The minimum Gasteiger partial charge on any atom is -0.352 e. The number of nitrogens with zero attached hydrogens (tertiary/aromatic N) is 3. The highest BCUT2D eigenvalue weighted by molar-refractivity contribution is 6.33. The SMILES string of the molecule is O=C(NCCc1ncn[nH]1)c1cc(Cl)nc(Cl)c1. The van der Waals surface area contributed by atoms with Gasteiger partial charge in [0.05, 0.1) is 0 Å². The molecule has 2 aromatic heterocycles. The number of carbonyl (C=O) groups excluding carboxylic acids is 1. The molecule has 0 radical (unpaired) electrons. The first-order chi connectivity index (χ1) is 8.65. The average Bonchev–Trinajstić information content (AvgIpc) is 2.80. The lowest BCUT2D eigenvalue weighted by Crippen LogP contribution is -2.26. The number of hydrogen-bond donors (Lipinski definition) is 2. The number of pyridine rings is 1. The number of H-pyrrole nitrogens is 1. The Kier molecular flexibility index (Phi) is 4.11. The number of amides is 1. The molecule has 18 heavy (non-hydrogen) atoms. The first-order valence-corrected chi connectivity index (χ1v) is 5.86. The van der Waals surface area contributed by atoms with Crippen LogP contribution in [0, 0.1) is 0 Å². The van der Waals surface area contributed by atoms with Crippen LogP contribution in [0.1, 0.15) is 16.2 Å². The number of rotatable bonds is 4. The van der Waals surface area contributed by atoms with E-state index in [-0.39, 0.29) is 16.2 Å². The van der Waals surface area contributed by atoms with E-state index in [1.165, 1.54) is 18.5 Å². The van der Waals surface area contributed by atoms with Gasteiger partial charge in [-0.3, -0.25) is 9.89 Å². The van der Waals surface area contributed by atoms with Crippen LogP contribution in [-0.2, 0) is 6.42 Å². The fourth-order valence-electron chi connectivity index (χ4n) is 1.34. The van der Waals surface area contributed by atoms with Crippen LogP contribution in [0.2, 0.25) is 10.3 Å². The van der Waals surface area contributed by atoms with E-state index in [4.69, 9.17) is 23.2 Å². The Balaban J connectivity index is 1.91. The fourth-order valence-corrected chi connectivity index (χ4v) is 1.80. The van der Waals surface area contributed by atoms with E-state index in [1.54, 1.807) is 0 Å². The predicted octanol–water partition coefficient (Wildman–Crippen LogP) is 1.48. The highest BCUT2D eigenvalue weighted by Crippen LogP contribution is 2.14. The van der Waals surface area contributed by atoms with E-state index in [0.717, 1.165) is 0 Å². The summed E-state index contributed by atoms with van der Waals surface area (Å²) in [5.41, 5.74) is 0.373. The van der Waals surface area contributed by atoms with Crippen LogP contribution in [-0.4, -0.2) is 32.6 Å². The van der Waals surface area contributed by atoms with Crippen molar-refractivity contribution in [1.82, 2.24) is 25.5 Å². The van der Waals surface area contributed by atoms with Gasteiger partial charge in [-0.1, -0.05) is 23.2 Å². The van der Waals surface area contributed by atoms with E-state index in [1.807, 2.05) is 0 Å². The topological polar surface area (TPSA) is 83.6 Å². The maximum Gasteiger partial charge on any atom is 0.251 e. The van der Waals surface area contributed by atoms with Gasteiger partial charge in [0.25, 0.3) is 5.91 Å². The van der Waals surface area contributed by atoms with Crippen molar-refractivity contribution in [2.75, 3.05) is 6.54 Å². The molecule has 0 aliphatic heterocycles. The Morgan fingerprint density at radius 2 is 2.06 bits per heavy atom. The molecule has 1 amide bonds. The van der Waals surface area contributed by atoms with Gasteiger partial charge in [0.15, 0.2) is 0 Å². The lowest BCUT2D eigenvalue weighted by Gasteiger charge is -2.04. The van der Waals surface area contributed by atoms with Crippen molar-refractivity contribution in [1.29, 1.82) is 0 Å². The Morgan fingerprint density at radius 3 is 2.67 bits per heavy atom. The maximum atomic E-state index is 11.8. The monoisotopic (exact) mass is 285 g/mol. The molecule has 2 aromatic rings. The van der Waals surface area contributed by atoms with Gasteiger partial charge >= 0.3 is 0 Å². The third-order valence-electron chi connectivity index (χ3n) is 2.14. The fraction of sp³-hybridized carbons (Fsp3) is 0.200. The van der Waals surface area contributed by atoms with Gasteiger partial charge < -0.3 is 5.32 Å². The summed E-state index contributed by atoms with van der Waals surface area (Å²) >= 11 is 11.4. The van der Waals surface area contributed by atoms with Crippen molar-refractivity contribution >= 4 is 29.1 Å². The first kappa shape index (κ1) is 12.8. The quantitative estimate of drug-likeness (QED) is 0.834. The van der Waals surface area contributed by atoms with E-state index < -0.39 is 0 Å². The zero-order valence-electron chi connectivity index (χ0n) is 9.15. The van der Waals surface area contributed by atoms with Gasteiger partial charge in [0, 0.05) is 18.5 Å². The van der Waals surface area contributed by atoms with Crippen LogP contribution in [0.15, 0.2) is 18.5 Å². The molecule has 0 saturated heterocycles. The van der Waals surface area contributed by atoms with E-state index in [9.17, 15) is 4.79 Å². The lowest BCUT2D eigenvalue weighted by atomic mass is 10.2. The van der Waals surface area contributed by atoms with Crippen molar-refractivity contribution in [2.24, 2.45) is 0 Å². The molecule has 2 N–H and O–H groups in total. The van der Waals surface area contributed by atoms with Crippen LogP contribution < -0.4 is 5.32 Å². The van der Waals surface area contributed by atoms with Gasteiger partial charge in [-0.05, 0) is 12.1 Å². The molecule has 0 aliphatic rings. The summed E-state index contributed by atoms with van der Waals surface area (Å²) < 4.78 is 0. The molecule has 0 spiro atoms. The van der Waals surface area contributed by atoms with E-state index >= 15 is 0 Å².